The fraction of sp³-hybridized carbons (Fsp3) is 0.302. The predicted octanol–water partition coefficient (Wildman–Crippen LogP) is 8.06. The van der Waals surface area contributed by atoms with Gasteiger partial charge < -0.3 is 28.5 Å². The zero-order valence-electron chi connectivity index (χ0n) is 29.7. The van der Waals surface area contributed by atoms with Gasteiger partial charge in [-0.2, -0.15) is 4.98 Å². The Kier molecular flexibility index (Phi) is 10.5. The van der Waals surface area contributed by atoms with Gasteiger partial charge >= 0.3 is 5.69 Å². The Balaban J connectivity index is 1.15. The van der Waals surface area contributed by atoms with Crippen LogP contribution in [0.3, 0.4) is 0 Å². The summed E-state index contributed by atoms with van der Waals surface area (Å²) < 4.78 is 31.7. The maximum Gasteiger partial charge on any atom is 0.353 e. The number of aromatic nitrogens is 2. The van der Waals surface area contributed by atoms with Crippen molar-refractivity contribution in [3.8, 4) is 22.8 Å². The minimum Gasteiger partial charge on any atom is -0.497 e. The number of hydrogen-bond donors (Lipinski definition) is 1. The van der Waals surface area contributed by atoms with Gasteiger partial charge in [-0.1, -0.05) is 98.6 Å². The van der Waals surface area contributed by atoms with Gasteiger partial charge in [0.1, 0.15) is 35.2 Å². The molecule has 0 radical (unpaired) electrons. The zero-order valence-corrected chi connectivity index (χ0v) is 29.7. The van der Waals surface area contributed by atoms with Crippen molar-refractivity contribution in [2.45, 2.75) is 63.1 Å². The van der Waals surface area contributed by atoms with Gasteiger partial charge in [0.05, 0.1) is 32.3 Å². The Bertz CT molecular complexity index is 2080. The second-order valence-corrected chi connectivity index (χ2v) is 13.2. The summed E-state index contributed by atoms with van der Waals surface area (Å²) in [6, 6.07) is 35.7. The third-order valence-corrected chi connectivity index (χ3v) is 9.90. The zero-order chi connectivity index (χ0) is 36.1. The fourth-order valence-corrected chi connectivity index (χ4v) is 7.01. The number of aliphatic hydroxyl groups is 1. The molecule has 3 atom stereocenters. The van der Waals surface area contributed by atoms with Crippen LogP contribution < -0.4 is 15.2 Å². The Morgan fingerprint density at radius 2 is 1.48 bits per heavy atom. The second kappa shape index (κ2) is 15.6. The monoisotopic (exact) mass is 700 g/mol. The predicted molar refractivity (Wildman–Crippen MR) is 200 cm³/mol. The number of hydrogen-bond acceptors (Lipinski definition) is 8. The van der Waals surface area contributed by atoms with Gasteiger partial charge in [-0.15, -0.1) is 0 Å². The first-order valence-electron chi connectivity index (χ1n) is 17.9. The molecule has 3 unspecified atom stereocenters. The van der Waals surface area contributed by atoms with E-state index in [1.807, 2.05) is 97.1 Å². The van der Waals surface area contributed by atoms with Crippen LogP contribution in [0.5, 0.6) is 11.5 Å². The second-order valence-electron chi connectivity index (χ2n) is 13.2. The smallest absolute Gasteiger partial charge is 0.353 e. The molecule has 3 heterocycles. The number of methoxy groups -OCH3 is 2. The summed E-state index contributed by atoms with van der Waals surface area (Å²) in [6.45, 7) is 2.23. The van der Waals surface area contributed by atoms with Gasteiger partial charge in [0.15, 0.2) is 0 Å². The first-order chi connectivity index (χ1) is 25.4. The molecule has 0 amide bonds. The highest BCUT2D eigenvalue weighted by atomic mass is 16.6. The van der Waals surface area contributed by atoms with E-state index in [1.165, 1.54) is 29.4 Å². The van der Waals surface area contributed by atoms with E-state index in [2.05, 4.69) is 24.0 Å². The van der Waals surface area contributed by atoms with Crippen LogP contribution in [-0.4, -0.2) is 47.7 Å². The average molecular weight is 701 g/mol. The molecule has 7 rings (SSSR count). The van der Waals surface area contributed by atoms with Crippen LogP contribution in [0.15, 0.2) is 125 Å². The average Bonchev–Trinajstić information content (AvgIpc) is 3.78. The largest absolute Gasteiger partial charge is 0.497 e. The van der Waals surface area contributed by atoms with Crippen LogP contribution in [0.1, 0.15) is 61.1 Å². The number of benzene rings is 4. The van der Waals surface area contributed by atoms with Gasteiger partial charge in [0.25, 0.3) is 0 Å². The SMILES string of the molecule is CCCCCc1ccc(-c2cc3cn(C4CC(O)C(COC(c5ccccc5)(c5ccc(OC)cc5)c5ccc(OC)cc5)O4)c(=O)nc3o2)cc1. The molecule has 9 heteroatoms. The van der Waals surface area contributed by atoms with Crippen LogP contribution in [0.2, 0.25) is 0 Å². The van der Waals surface area contributed by atoms with Gasteiger partial charge in [0.2, 0.25) is 5.71 Å². The van der Waals surface area contributed by atoms with Gasteiger partial charge in [0, 0.05) is 18.2 Å². The van der Waals surface area contributed by atoms with Crippen molar-refractivity contribution in [1.82, 2.24) is 9.55 Å². The van der Waals surface area contributed by atoms with Crippen molar-refractivity contribution >= 4 is 11.1 Å². The third-order valence-electron chi connectivity index (χ3n) is 9.90. The molecule has 1 aliphatic heterocycles. The van der Waals surface area contributed by atoms with E-state index in [0.29, 0.717) is 22.6 Å². The number of aliphatic hydroxyl groups excluding tert-OH is 1. The highest BCUT2D eigenvalue weighted by Gasteiger charge is 2.42. The topological polar surface area (TPSA) is 105 Å². The first kappa shape index (κ1) is 35.2. The van der Waals surface area contributed by atoms with E-state index in [4.69, 9.17) is 23.4 Å². The minimum absolute atomic E-state index is 0.0271. The molecule has 268 valence electrons. The summed E-state index contributed by atoms with van der Waals surface area (Å²) in [4.78, 5) is 17.5. The van der Waals surface area contributed by atoms with Crippen molar-refractivity contribution in [3.05, 3.63) is 148 Å². The summed E-state index contributed by atoms with van der Waals surface area (Å²) in [5.41, 5.74) is 3.47. The van der Waals surface area contributed by atoms with Crippen molar-refractivity contribution < 1.29 is 28.5 Å². The van der Waals surface area contributed by atoms with E-state index in [1.54, 1.807) is 20.4 Å². The van der Waals surface area contributed by atoms with Crippen molar-refractivity contribution in [3.63, 3.8) is 0 Å². The molecule has 2 aromatic heterocycles. The molecule has 0 bridgehead atoms. The van der Waals surface area contributed by atoms with E-state index >= 15 is 0 Å². The number of nitrogens with zero attached hydrogens (tertiary/aromatic N) is 2. The van der Waals surface area contributed by atoms with Crippen molar-refractivity contribution in [2.75, 3.05) is 20.8 Å². The highest BCUT2D eigenvalue weighted by molar-refractivity contribution is 5.79. The number of ether oxygens (including phenoxy) is 4. The van der Waals surface area contributed by atoms with Crippen LogP contribution >= 0.6 is 0 Å². The van der Waals surface area contributed by atoms with Crippen LogP contribution in [0, 0.1) is 0 Å². The van der Waals surface area contributed by atoms with E-state index in [9.17, 15) is 9.90 Å². The lowest BCUT2D eigenvalue weighted by Gasteiger charge is -2.37. The molecule has 1 saturated heterocycles. The minimum atomic E-state index is -1.08. The molecule has 1 N–H and O–H groups in total. The summed E-state index contributed by atoms with van der Waals surface area (Å²) in [5, 5.41) is 12.0. The normalized spacial score (nSPS) is 17.4. The van der Waals surface area contributed by atoms with Crippen molar-refractivity contribution in [2.24, 2.45) is 0 Å². The molecule has 52 heavy (non-hydrogen) atoms. The first-order valence-corrected chi connectivity index (χ1v) is 17.9. The maximum atomic E-state index is 13.3. The molecule has 0 aliphatic carbocycles. The third kappa shape index (κ3) is 7.12. The van der Waals surface area contributed by atoms with Crippen molar-refractivity contribution in [1.29, 1.82) is 0 Å². The lowest BCUT2D eigenvalue weighted by molar-refractivity contribution is -0.0943. The van der Waals surface area contributed by atoms with Gasteiger partial charge in [-0.25, -0.2) is 4.79 Å². The number of fused-ring (bicyclic) bond motifs is 1. The molecule has 1 aliphatic rings. The van der Waals surface area contributed by atoms with E-state index < -0.39 is 29.7 Å². The molecule has 0 spiro atoms. The molecule has 9 nitrogen and oxygen atoms in total. The molecule has 4 aromatic carbocycles. The summed E-state index contributed by atoms with van der Waals surface area (Å²) in [7, 11) is 3.26. The molecule has 1 fully saturated rings. The molecular formula is C43H44N2O7. The standard InChI is InChI=1S/C43H44N2O7/c1-4-5-7-10-29-13-15-30(16-14-29)38-25-31-27-45(42(47)44-41(31)52-38)40-26-37(46)39(51-40)28-50-43(32-11-8-6-9-12-32,33-17-21-35(48-2)22-18-33)34-19-23-36(49-3)24-20-34/h6,8-9,11-25,27,37,39-40,46H,4-5,7,10,26,28H2,1-3H3. The number of furan rings is 1. The van der Waals surface area contributed by atoms with Gasteiger partial charge in [-0.3, -0.25) is 4.57 Å². The van der Waals surface area contributed by atoms with Crippen LogP contribution in [-0.2, 0) is 21.5 Å². The van der Waals surface area contributed by atoms with Gasteiger partial charge in [-0.05, 0) is 65.4 Å². The quantitative estimate of drug-likeness (QED) is 0.0899. The van der Waals surface area contributed by atoms with Crippen LogP contribution in [0.4, 0.5) is 0 Å². The Morgan fingerprint density at radius 1 is 0.846 bits per heavy atom. The number of unbranched alkanes of at least 4 members (excludes halogenated alkanes) is 2. The highest BCUT2D eigenvalue weighted by Crippen LogP contribution is 2.43. The van der Waals surface area contributed by atoms with E-state index in [-0.39, 0.29) is 18.7 Å². The lowest BCUT2D eigenvalue weighted by atomic mass is 9.80. The Labute approximate surface area is 303 Å². The molecular weight excluding hydrogens is 656 g/mol. The molecule has 6 aromatic rings. The Hall–Kier alpha value is -5.22. The molecule has 0 saturated carbocycles. The number of aryl methyl sites for hydroxylation is 1. The lowest BCUT2D eigenvalue weighted by Crippen LogP contribution is -2.38. The summed E-state index contributed by atoms with van der Waals surface area (Å²) in [6.07, 6.45) is 4.12. The summed E-state index contributed by atoms with van der Waals surface area (Å²) in [5.74, 6) is 2.07. The maximum absolute atomic E-state index is 13.3. The van der Waals surface area contributed by atoms with E-state index in [0.717, 1.165) is 28.7 Å². The fourth-order valence-electron chi connectivity index (χ4n) is 7.01. The summed E-state index contributed by atoms with van der Waals surface area (Å²) >= 11 is 0. The number of rotatable bonds is 14. The Morgan fingerprint density at radius 3 is 2.10 bits per heavy atom. The van der Waals surface area contributed by atoms with Crippen LogP contribution in [0.25, 0.3) is 22.4 Å².